The fourth-order valence-corrected chi connectivity index (χ4v) is 6.68. The summed E-state index contributed by atoms with van der Waals surface area (Å²) in [5, 5.41) is 11.9. The summed E-state index contributed by atoms with van der Waals surface area (Å²) in [5.41, 5.74) is 2.84. The van der Waals surface area contributed by atoms with Gasteiger partial charge in [-0.1, -0.05) is 32.6 Å². The number of hydrogen-bond donors (Lipinski definition) is 1. The second-order valence-electron chi connectivity index (χ2n) is 11.3. The van der Waals surface area contributed by atoms with Crippen LogP contribution < -0.4 is 5.63 Å². The highest BCUT2D eigenvalue weighted by Gasteiger charge is 2.34. The first-order chi connectivity index (χ1) is 18.0. The number of phenols is 1. The SMILES string of the molecule is CCCCCCc1c(C)c2ccc(O)c(CN(CCCOC)C[C@@H]3CCCN4CCCC[C@H]34)c2oc1=O. The van der Waals surface area contributed by atoms with Crippen molar-refractivity contribution in [3.63, 3.8) is 0 Å². The largest absolute Gasteiger partial charge is 0.507 e. The molecule has 0 saturated carbocycles. The molecule has 0 unspecified atom stereocenters. The number of aryl methyl sites for hydroxylation is 1. The number of unbranched alkanes of at least 4 members (excludes halogenated alkanes) is 3. The average molecular weight is 513 g/mol. The zero-order valence-electron chi connectivity index (χ0n) is 23.4. The summed E-state index contributed by atoms with van der Waals surface area (Å²) >= 11 is 0. The van der Waals surface area contributed by atoms with Crippen LogP contribution in [0, 0.1) is 12.8 Å². The molecule has 1 aromatic carbocycles. The Balaban J connectivity index is 1.59. The molecule has 2 aliphatic heterocycles. The third-order valence-electron chi connectivity index (χ3n) is 8.74. The fraction of sp³-hybridized carbons (Fsp3) is 0.710. The van der Waals surface area contributed by atoms with Gasteiger partial charge in [0.2, 0.25) is 0 Å². The first-order valence-corrected chi connectivity index (χ1v) is 14.8. The topological polar surface area (TPSA) is 66.2 Å². The zero-order valence-corrected chi connectivity index (χ0v) is 23.4. The van der Waals surface area contributed by atoms with E-state index in [9.17, 15) is 9.90 Å². The number of ether oxygens (including phenoxy) is 1. The van der Waals surface area contributed by atoms with Gasteiger partial charge in [0, 0.05) is 50.3 Å². The third-order valence-corrected chi connectivity index (χ3v) is 8.74. The van der Waals surface area contributed by atoms with Crippen molar-refractivity contribution in [3.05, 3.63) is 39.2 Å². The van der Waals surface area contributed by atoms with Crippen molar-refractivity contribution >= 4 is 11.0 Å². The Hall–Kier alpha value is -1.89. The highest BCUT2D eigenvalue weighted by atomic mass is 16.5. The lowest BCUT2D eigenvalue weighted by Crippen LogP contribution is -2.51. The van der Waals surface area contributed by atoms with E-state index in [1.807, 2.05) is 13.0 Å². The number of piperidine rings is 2. The van der Waals surface area contributed by atoms with Gasteiger partial charge >= 0.3 is 5.63 Å². The standard InChI is InChI=1S/C31H48N2O4/c1-4-5-6-7-13-26-23(2)25-15-16-29(34)27(30(25)37-31(26)35)22-32(17-11-20-36-3)21-24-12-10-19-33-18-9-8-14-28(24)33/h15-16,24,28,34H,4-14,17-22H2,1-3H3/t24-,28+/m0/s1. The minimum absolute atomic E-state index is 0.213. The maximum atomic E-state index is 13.1. The Morgan fingerprint density at radius 2 is 1.92 bits per heavy atom. The van der Waals surface area contributed by atoms with Crippen LogP contribution in [0.4, 0.5) is 0 Å². The molecular formula is C31H48N2O4. The molecule has 2 aromatic rings. The van der Waals surface area contributed by atoms with Crippen LogP contribution in [-0.2, 0) is 17.7 Å². The maximum Gasteiger partial charge on any atom is 0.339 e. The number of methoxy groups -OCH3 is 1. The Labute approximate surface area is 223 Å². The molecule has 2 aliphatic rings. The number of phenolic OH excluding ortho intramolecular Hbond substituents is 1. The van der Waals surface area contributed by atoms with Crippen LogP contribution in [0.2, 0.25) is 0 Å². The van der Waals surface area contributed by atoms with Gasteiger partial charge in [0.25, 0.3) is 0 Å². The van der Waals surface area contributed by atoms with E-state index in [-0.39, 0.29) is 11.4 Å². The molecule has 4 rings (SSSR count). The summed E-state index contributed by atoms with van der Waals surface area (Å²) in [7, 11) is 1.75. The monoisotopic (exact) mass is 512 g/mol. The second-order valence-corrected chi connectivity index (χ2v) is 11.3. The van der Waals surface area contributed by atoms with Gasteiger partial charge in [0.05, 0.1) is 5.56 Å². The van der Waals surface area contributed by atoms with E-state index in [0.717, 1.165) is 60.8 Å². The lowest BCUT2D eigenvalue weighted by Gasteiger charge is -2.45. The summed E-state index contributed by atoms with van der Waals surface area (Å²) in [6.45, 7) is 9.89. The van der Waals surface area contributed by atoms with Crippen LogP contribution in [0.3, 0.4) is 0 Å². The minimum Gasteiger partial charge on any atom is -0.507 e. The molecule has 3 heterocycles. The molecular weight excluding hydrogens is 464 g/mol. The molecule has 0 aliphatic carbocycles. The molecule has 0 radical (unpaired) electrons. The highest BCUT2D eigenvalue weighted by molar-refractivity contribution is 5.85. The number of benzene rings is 1. The van der Waals surface area contributed by atoms with E-state index in [2.05, 4.69) is 16.7 Å². The Kier molecular flexibility index (Phi) is 10.5. The van der Waals surface area contributed by atoms with Gasteiger partial charge in [-0.2, -0.15) is 0 Å². The van der Waals surface area contributed by atoms with Crippen LogP contribution >= 0.6 is 0 Å². The number of fused-ring (bicyclic) bond motifs is 2. The van der Waals surface area contributed by atoms with Crippen molar-refractivity contribution in [1.29, 1.82) is 0 Å². The molecule has 1 aromatic heterocycles. The lowest BCUT2D eigenvalue weighted by molar-refractivity contribution is 0.0372. The summed E-state index contributed by atoms with van der Waals surface area (Å²) < 4.78 is 11.3. The van der Waals surface area contributed by atoms with Gasteiger partial charge in [-0.15, -0.1) is 0 Å². The Bertz CT molecular complexity index is 1060. The summed E-state index contributed by atoms with van der Waals surface area (Å²) in [5.74, 6) is 0.850. The lowest BCUT2D eigenvalue weighted by atomic mass is 9.83. The van der Waals surface area contributed by atoms with Crippen LogP contribution in [-0.4, -0.2) is 60.8 Å². The third kappa shape index (κ3) is 6.96. The average Bonchev–Trinajstić information content (AvgIpc) is 2.90. The predicted octanol–water partition coefficient (Wildman–Crippen LogP) is 6.03. The van der Waals surface area contributed by atoms with E-state index in [4.69, 9.17) is 9.15 Å². The molecule has 2 saturated heterocycles. The van der Waals surface area contributed by atoms with Crippen molar-refractivity contribution in [1.82, 2.24) is 9.80 Å². The van der Waals surface area contributed by atoms with Crippen molar-refractivity contribution in [2.45, 2.75) is 97.1 Å². The summed E-state index contributed by atoms with van der Waals surface area (Å²) in [6.07, 6.45) is 12.7. The van der Waals surface area contributed by atoms with E-state index < -0.39 is 0 Å². The van der Waals surface area contributed by atoms with Crippen LogP contribution in [0.15, 0.2) is 21.3 Å². The predicted molar refractivity (Wildman–Crippen MR) is 150 cm³/mol. The van der Waals surface area contributed by atoms with E-state index in [1.54, 1.807) is 13.2 Å². The van der Waals surface area contributed by atoms with Gasteiger partial charge in [-0.05, 0) is 88.6 Å². The van der Waals surface area contributed by atoms with Crippen molar-refractivity contribution in [2.75, 3.05) is 39.9 Å². The Morgan fingerprint density at radius 1 is 1.08 bits per heavy atom. The summed E-state index contributed by atoms with van der Waals surface area (Å²) in [4.78, 5) is 18.2. The molecule has 2 atom stereocenters. The molecule has 6 heteroatoms. The smallest absolute Gasteiger partial charge is 0.339 e. The second kappa shape index (κ2) is 13.8. The molecule has 1 N–H and O–H groups in total. The number of aromatic hydroxyl groups is 1. The van der Waals surface area contributed by atoms with Gasteiger partial charge in [-0.3, -0.25) is 4.90 Å². The van der Waals surface area contributed by atoms with Gasteiger partial charge in [0.15, 0.2) is 0 Å². The first-order valence-electron chi connectivity index (χ1n) is 14.8. The quantitative estimate of drug-likeness (QED) is 0.261. The van der Waals surface area contributed by atoms with Gasteiger partial charge in [-0.25, -0.2) is 4.79 Å². The minimum atomic E-state index is -0.246. The van der Waals surface area contributed by atoms with Crippen molar-refractivity contribution in [2.24, 2.45) is 5.92 Å². The van der Waals surface area contributed by atoms with Gasteiger partial charge in [0.1, 0.15) is 11.3 Å². The van der Waals surface area contributed by atoms with Gasteiger partial charge < -0.3 is 19.2 Å². The highest BCUT2D eigenvalue weighted by Crippen LogP contribution is 2.34. The van der Waals surface area contributed by atoms with Crippen molar-refractivity contribution < 1.29 is 14.3 Å². The van der Waals surface area contributed by atoms with E-state index in [1.165, 1.54) is 58.0 Å². The normalized spacial score (nSPS) is 20.5. The van der Waals surface area contributed by atoms with Crippen molar-refractivity contribution in [3.8, 4) is 5.75 Å². The van der Waals surface area contributed by atoms with E-state index in [0.29, 0.717) is 30.7 Å². The number of hydrogen-bond acceptors (Lipinski definition) is 6. The molecule has 0 bridgehead atoms. The Morgan fingerprint density at radius 3 is 2.73 bits per heavy atom. The summed E-state index contributed by atoms with van der Waals surface area (Å²) in [6, 6.07) is 4.37. The van der Waals surface area contributed by atoms with Crippen LogP contribution in [0.25, 0.3) is 11.0 Å². The zero-order chi connectivity index (χ0) is 26.2. The van der Waals surface area contributed by atoms with E-state index >= 15 is 0 Å². The fourth-order valence-electron chi connectivity index (χ4n) is 6.68. The molecule has 6 nitrogen and oxygen atoms in total. The molecule has 0 spiro atoms. The number of rotatable bonds is 13. The maximum absolute atomic E-state index is 13.1. The molecule has 0 amide bonds. The molecule has 2 fully saturated rings. The first kappa shape index (κ1) is 28.1. The van der Waals surface area contributed by atoms with Crippen LogP contribution in [0.5, 0.6) is 5.75 Å². The molecule has 206 valence electrons. The van der Waals surface area contributed by atoms with Crippen LogP contribution in [0.1, 0.15) is 87.8 Å². The molecule has 37 heavy (non-hydrogen) atoms. The number of nitrogens with zero attached hydrogens (tertiary/aromatic N) is 2.